The van der Waals surface area contributed by atoms with Crippen LogP contribution in [0.2, 0.25) is 0 Å². The summed E-state index contributed by atoms with van der Waals surface area (Å²) in [6.07, 6.45) is 0. The Morgan fingerprint density at radius 2 is 1.93 bits per heavy atom. The van der Waals surface area contributed by atoms with Gasteiger partial charge in [-0.1, -0.05) is 15.9 Å². The van der Waals surface area contributed by atoms with Crippen LogP contribution in [0.1, 0.15) is 19.4 Å². The quantitative estimate of drug-likeness (QED) is 0.898. The van der Waals surface area contributed by atoms with E-state index in [1.807, 2.05) is 0 Å². The fourth-order valence-corrected chi connectivity index (χ4v) is 2.00. The highest BCUT2D eigenvalue weighted by atomic mass is 79.9. The summed E-state index contributed by atoms with van der Waals surface area (Å²) >= 11 is 3.46. The van der Waals surface area contributed by atoms with Crippen molar-refractivity contribution in [1.82, 2.24) is 0 Å². The molecule has 2 nitrogen and oxygen atoms in total. The molecule has 0 aliphatic carbocycles. The highest BCUT2D eigenvalue weighted by Crippen LogP contribution is 2.23. The number of rotatable bonds is 4. The van der Waals surface area contributed by atoms with Gasteiger partial charge in [-0.3, -0.25) is 0 Å². The summed E-state index contributed by atoms with van der Waals surface area (Å²) in [5, 5.41) is 0. The summed E-state index contributed by atoms with van der Waals surface area (Å²) < 4.78 is 1.09. The van der Waals surface area contributed by atoms with Crippen LogP contribution in [0.25, 0.3) is 0 Å². The SMILES string of the molecule is CCN(CC)c1ccc(Br)cc1CN. The Hall–Kier alpha value is -0.540. The molecule has 0 heterocycles. The van der Waals surface area contributed by atoms with E-state index in [0.29, 0.717) is 6.54 Å². The zero-order valence-corrected chi connectivity index (χ0v) is 10.3. The third kappa shape index (κ3) is 2.49. The van der Waals surface area contributed by atoms with Gasteiger partial charge in [0.25, 0.3) is 0 Å². The standard InChI is InChI=1S/C11H17BrN2/c1-3-14(4-2)11-6-5-10(12)7-9(11)8-13/h5-7H,3-4,8,13H2,1-2H3. The van der Waals surface area contributed by atoms with Gasteiger partial charge in [-0.05, 0) is 37.6 Å². The lowest BCUT2D eigenvalue weighted by molar-refractivity contribution is 0.853. The predicted molar refractivity (Wildman–Crippen MR) is 65.6 cm³/mol. The zero-order chi connectivity index (χ0) is 10.6. The van der Waals surface area contributed by atoms with Crippen molar-refractivity contribution >= 4 is 21.6 Å². The third-order valence-electron chi connectivity index (χ3n) is 2.37. The maximum absolute atomic E-state index is 5.72. The first-order valence-electron chi connectivity index (χ1n) is 4.96. The molecular formula is C11H17BrN2. The molecule has 1 aromatic rings. The normalized spacial score (nSPS) is 10.3. The van der Waals surface area contributed by atoms with Crippen molar-refractivity contribution in [3.63, 3.8) is 0 Å². The lowest BCUT2D eigenvalue weighted by Gasteiger charge is -2.23. The number of nitrogens with two attached hydrogens (primary N) is 1. The maximum atomic E-state index is 5.72. The number of hydrogen-bond donors (Lipinski definition) is 1. The van der Waals surface area contributed by atoms with E-state index in [4.69, 9.17) is 5.73 Å². The van der Waals surface area contributed by atoms with Crippen LogP contribution < -0.4 is 10.6 Å². The molecule has 0 fully saturated rings. The summed E-state index contributed by atoms with van der Waals surface area (Å²) in [6.45, 7) is 6.94. The van der Waals surface area contributed by atoms with E-state index >= 15 is 0 Å². The molecule has 1 rings (SSSR count). The van der Waals surface area contributed by atoms with Gasteiger partial charge in [0, 0.05) is 29.8 Å². The molecule has 0 bridgehead atoms. The molecule has 0 aliphatic rings. The highest BCUT2D eigenvalue weighted by Gasteiger charge is 2.06. The van der Waals surface area contributed by atoms with E-state index in [9.17, 15) is 0 Å². The molecule has 0 radical (unpaired) electrons. The second kappa shape index (κ2) is 5.37. The van der Waals surface area contributed by atoms with Crippen molar-refractivity contribution < 1.29 is 0 Å². The van der Waals surface area contributed by atoms with Crippen LogP contribution in [0.4, 0.5) is 5.69 Å². The van der Waals surface area contributed by atoms with Crippen LogP contribution in [0.5, 0.6) is 0 Å². The summed E-state index contributed by atoms with van der Waals surface area (Å²) in [7, 11) is 0. The fraction of sp³-hybridized carbons (Fsp3) is 0.455. The van der Waals surface area contributed by atoms with E-state index < -0.39 is 0 Å². The highest BCUT2D eigenvalue weighted by molar-refractivity contribution is 9.10. The Labute approximate surface area is 94.2 Å². The van der Waals surface area contributed by atoms with Gasteiger partial charge < -0.3 is 10.6 Å². The molecule has 14 heavy (non-hydrogen) atoms. The Kier molecular flexibility index (Phi) is 4.42. The van der Waals surface area contributed by atoms with Crippen LogP contribution in [0.15, 0.2) is 22.7 Å². The number of benzene rings is 1. The summed E-state index contributed by atoms with van der Waals surface area (Å²) in [5.41, 5.74) is 8.17. The molecule has 0 aromatic heterocycles. The van der Waals surface area contributed by atoms with E-state index in [1.54, 1.807) is 0 Å². The molecule has 0 amide bonds. The molecule has 78 valence electrons. The molecule has 0 unspecified atom stereocenters. The fourth-order valence-electron chi connectivity index (χ4n) is 1.59. The molecule has 0 spiro atoms. The maximum Gasteiger partial charge on any atom is 0.0412 e. The average Bonchev–Trinajstić information content (AvgIpc) is 2.21. The van der Waals surface area contributed by atoms with Gasteiger partial charge in [-0.25, -0.2) is 0 Å². The van der Waals surface area contributed by atoms with Crippen LogP contribution in [0.3, 0.4) is 0 Å². The largest absolute Gasteiger partial charge is 0.372 e. The van der Waals surface area contributed by atoms with E-state index in [1.165, 1.54) is 11.3 Å². The van der Waals surface area contributed by atoms with Gasteiger partial charge in [0.15, 0.2) is 0 Å². The van der Waals surface area contributed by atoms with Gasteiger partial charge in [0.1, 0.15) is 0 Å². The first-order chi connectivity index (χ1) is 6.72. The Bertz CT molecular complexity index is 295. The molecule has 3 heteroatoms. The van der Waals surface area contributed by atoms with Gasteiger partial charge in [0.2, 0.25) is 0 Å². The molecule has 0 atom stereocenters. The van der Waals surface area contributed by atoms with Crippen molar-refractivity contribution in [2.75, 3.05) is 18.0 Å². The second-order valence-electron chi connectivity index (χ2n) is 3.15. The van der Waals surface area contributed by atoms with Crippen LogP contribution in [-0.2, 0) is 6.54 Å². The summed E-state index contributed by atoms with van der Waals surface area (Å²) in [6, 6.07) is 6.28. The minimum atomic E-state index is 0.589. The molecule has 0 saturated heterocycles. The van der Waals surface area contributed by atoms with Gasteiger partial charge in [-0.2, -0.15) is 0 Å². The lowest BCUT2D eigenvalue weighted by Crippen LogP contribution is -2.23. The summed E-state index contributed by atoms with van der Waals surface area (Å²) in [5.74, 6) is 0. The lowest BCUT2D eigenvalue weighted by atomic mass is 10.1. The molecule has 1 aromatic carbocycles. The van der Waals surface area contributed by atoms with Crippen molar-refractivity contribution in [3.05, 3.63) is 28.2 Å². The van der Waals surface area contributed by atoms with Crippen LogP contribution >= 0.6 is 15.9 Å². The van der Waals surface area contributed by atoms with Crippen LogP contribution in [-0.4, -0.2) is 13.1 Å². The van der Waals surface area contributed by atoms with Gasteiger partial charge in [-0.15, -0.1) is 0 Å². The van der Waals surface area contributed by atoms with Crippen LogP contribution in [0, 0.1) is 0 Å². The van der Waals surface area contributed by atoms with Crippen molar-refractivity contribution in [2.45, 2.75) is 20.4 Å². The summed E-state index contributed by atoms with van der Waals surface area (Å²) in [4.78, 5) is 2.31. The molecule has 0 saturated carbocycles. The van der Waals surface area contributed by atoms with Gasteiger partial charge in [0.05, 0.1) is 0 Å². The van der Waals surface area contributed by atoms with Crippen molar-refractivity contribution in [2.24, 2.45) is 5.73 Å². The predicted octanol–water partition coefficient (Wildman–Crippen LogP) is 2.75. The average molecular weight is 257 g/mol. The number of hydrogen-bond acceptors (Lipinski definition) is 2. The van der Waals surface area contributed by atoms with Crippen molar-refractivity contribution in [3.8, 4) is 0 Å². The van der Waals surface area contributed by atoms with Gasteiger partial charge >= 0.3 is 0 Å². The first-order valence-corrected chi connectivity index (χ1v) is 5.75. The third-order valence-corrected chi connectivity index (χ3v) is 2.86. The van der Waals surface area contributed by atoms with E-state index in [2.05, 4.69) is 52.9 Å². The Morgan fingerprint density at radius 3 is 2.43 bits per heavy atom. The van der Waals surface area contributed by atoms with Crippen molar-refractivity contribution in [1.29, 1.82) is 0 Å². The first kappa shape index (κ1) is 11.5. The second-order valence-corrected chi connectivity index (χ2v) is 4.07. The van der Waals surface area contributed by atoms with E-state index in [-0.39, 0.29) is 0 Å². The topological polar surface area (TPSA) is 29.3 Å². The minimum absolute atomic E-state index is 0.589. The number of halogens is 1. The number of anilines is 1. The Morgan fingerprint density at radius 1 is 1.29 bits per heavy atom. The minimum Gasteiger partial charge on any atom is -0.372 e. The van der Waals surface area contributed by atoms with E-state index in [0.717, 1.165) is 17.6 Å². The smallest absolute Gasteiger partial charge is 0.0412 e. The molecular weight excluding hydrogens is 240 g/mol. The monoisotopic (exact) mass is 256 g/mol. The molecule has 0 aliphatic heterocycles. The number of nitrogens with zero attached hydrogens (tertiary/aromatic N) is 1. The Balaban J connectivity index is 3.06. The zero-order valence-electron chi connectivity index (χ0n) is 8.76. The molecule has 2 N–H and O–H groups in total.